The van der Waals surface area contributed by atoms with Crippen molar-refractivity contribution in [2.45, 2.75) is 42.7 Å². The number of sulfone groups is 1. The van der Waals surface area contributed by atoms with Gasteiger partial charge >= 0.3 is 0 Å². The van der Waals surface area contributed by atoms with Gasteiger partial charge in [0.25, 0.3) is 0 Å². The maximum absolute atomic E-state index is 12.8. The summed E-state index contributed by atoms with van der Waals surface area (Å²) >= 11 is 0. The minimum atomic E-state index is -3.32. The molecule has 2 atom stereocenters. The summed E-state index contributed by atoms with van der Waals surface area (Å²) in [6.45, 7) is 0. The van der Waals surface area contributed by atoms with E-state index in [1.165, 1.54) is 12.8 Å². The van der Waals surface area contributed by atoms with Crippen LogP contribution in [0.4, 0.5) is 0 Å². The first kappa shape index (κ1) is 13.3. The molecule has 1 aromatic rings. The molecule has 3 heterocycles. The van der Waals surface area contributed by atoms with E-state index in [0.717, 1.165) is 24.0 Å². The van der Waals surface area contributed by atoms with Gasteiger partial charge in [0.05, 0.1) is 9.80 Å². The van der Waals surface area contributed by atoms with Crippen molar-refractivity contribution in [3.8, 4) is 0 Å². The Hall–Kier alpha value is -1.39. The summed E-state index contributed by atoms with van der Waals surface area (Å²) in [4.78, 5) is 3.40. The lowest BCUT2D eigenvalue weighted by Crippen LogP contribution is -2.46. The molecule has 0 amide bonds. The minimum absolute atomic E-state index is 0.396. The van der Waals surface area contributed by atoms with Crippen molar-refractivity contribution in [3.63, 3.8) is 0 Å². The van der Waals surface area contributed by atoms with Crippen molar-refractivity contribution >= 4 is 15.9 Å². The van der Waals surface area contributed by atoms with Crippen molar-refractivity contribution in [1.82, 2.24) is 4.90 Å². The van der Waals surface area contributed by atoms with Crippen LogP contribution in [0, 0.1) is 0 Å². The number of hydrogen-bond acceptors (Lipinski definition) is 3. The molecule has 1 fully saturated rings. The normalized spacial score (nSPS) is 30.5. The van der Waals surface area contributed by atoms with Crippen LogP contribution in [0.1, 0.15) is 31.2 Å². The lowest BCUT2D eigenvalue weighted by Gasteiger charge is -2.42. The van der Waals surface area contributed by atoms with Crippen LogP contribution in [-0.2, 0) is 9.84 Å². The van der Waals surface area contributed by atoms with Crippen LogP contribution in [0.15, 0.2) is 45.7 Å². The molecular weight excluding hydrogens is 282 g/mol. The number of allylic oxidation sites excluding steroid dienone is 1. The van der Waals surface area contributed by atoms with Crippen molar-refractivity contribution in [3.05, 3.63) is 46.4 Å². The number of hydrogen-bond donors (Lipinski definition) is 0. The van der Waals surface area contributed by atoms with Gasteiger partial charge in [-0.2, -0.15) is 0 Å². The summed E-state index contributed by atoms with van der Waals surface area (Å²) in [6.07, 6.45) is 8.45. The number of benzene rings is 1. The molecule has 4 rings (SSSR count). The molecule has 2 unspecified atom stereocenters. The molecule has 0 aromatic heterocycles. The van der Waals surface area contributed by atoms with Gasteiger partial charge in [-0.1, -0.05) is 30.7 Å². The Balaban J connectivity index is 1.79. The Morgan fingerprint density at radius 1 is 1.19 bits per heavy atom. The lowest BCUT2D eigenvalue weighted by molar-refractivity contribution is 0.131. The monoisotopic (exact) mass is 301 g/mol. The van der Waals surface area contributed by atoms with E-state index in [-0.39, 0.29) is 0 Å². The second-order valence-corrected chi connectivity index (χ2v) is 8.15. The standard InChI is InChI=1S/C17H19NO2S/c1-18-14-6-4-7-15(18)10-13(9-14)17-11-12-5-2-3-8-16(12)21(17,19)20/h2-3,5,8-9,11,14-15H,4,6-7,10H2,1H3. The largest absolute Gasteiger partial charge is 0.297 e. The fourth-order valence-electron chi connectivity index (χ4n) is 3.87. The highest BCUT2D eigenvalue weighted by molar-refractivity contribution is 7.96. The minimum Gasteiger partial charge on any atom is -0.297 e. The third kappa shape index (κ3) is 1.93. The first-order chi connectivity index (χ1) is 10.1. The van der Waals surface area contributed by atoms with Gasteiger partial charge < -0.3 is 0 Å². The topological polar surface area (TPSA) is 37.4 Å². The molecule has 3 aliphatic rings. The number of fused-ring (bicyclic) bond motifs is 3. The van der Waals surface area contributed by atoms with E-state index < -0.39 is 9.84 Å². The highest BCUT2D eigenvalue weighted by Crippen LogP contribution is 2.42. The first-order valence-electron chi connectivity index (χ1n) is 7.56. The molecule has 3 nitrogen and oxygen atoms in total. The van der Waals surface area contributed by atoms with E-state index in [4.69, 9.17) is 0 Å². The molecule has 4 heteroatoms. The Bertz CT molecular complexity index is 761. The fourth-order valence-corrected chi connectivity index (χ4v) is 5.58. The summed E-state index contributed by atoms with van der Waals surface area (Å²) in [5, 5.41) is 0. The molecule has 2 bridgehead atoms. The smallest absolute Gasteiger partial charge is 0.207 e. The maximum atomic E-state index is 12.8. The molecule has 0 saturated carbocycles. The molecule has 21 heavy (non-hydrogen) atoms. The van der Waals surface area contributed by atoms with Gasteiger partial charge in [0, 0.05) is 12.1 Å². The van der Waals surface area contributed by atoms with Crippen LogP contribution >= 0.6 is 0 Å². The van der Waals surface area contributed by atoms with Crippen molar-refractivity contribution in [1.29, 1.82) is 0 Å². The van der Waals surface area contributed by atoms with E-state index in [0.29, 0.717) is 21.9 Å². The quantitative estimate of drug-likeness (QED) is 0.800. The van der Waals surface area contributed by atoms with Crippen molar-refractivity contribution in [2.75, 3.05) is 7.05 Å². The molecule has 1 aromatic carbocycles. The molecule has 0 N–H and O–H groups in total. The van der Waals surface area contributed by atoms with Gasteiger partial charge in [0.1, 0.15) is 0 Å². The second-order valence-electron chi connectivity index (χ2n) is 6.26. The highest BCUT2D eigenvalue weighted by Gasteiger charge is 2.37. The number of rotatable bonds is 1. The molecule has 0 radical (unpaired) electrons. The van der Waals surface area contributed by atoms with Crippen LogP contribution in [0.25, 0.3) is 6.08 Å². The zero-order valence-corrected chi connectivity index (χ0v) is 12.9. The zero-order chi connectivity index (χ0) is 14.6. The van der Waals surface area contributed by atoms with Crippen molar-refractivity contribution < 1.29 is 8.42 Å². The van der Waals surface area contributed by atoms with Gasteiger partial charge in [-0.05, 0) is 49.6 Å². The van der Waals surface area contributed by atoms with Crippen molar-refractivity contribution in [2.24, 2.45) is 0 Å². The van der Waals surface area contributed by atoms with Gasteiger partial charge in [0.15, 0.2) is 0 Å². The lowest BCUT2D eigenvalue weighted by atomic mass is 9.85. The second kappa shape index (κ2) is 4.55. The van der Waals surface area contributed by atoms with Gasteiger partial charge in [0.2, 0.25) is 9.84 Å². The summed E-state index contributed by atoms with van der Waals surface area (Å²) in [5.41, 5.74) is 1.86. The number of likely N-dealkylation sites (N-methyl/N-ethyl adjacent to an activating group) is 1. The van der Waals surface area contributed by atoms with Gasteiger partial charge in [-0.15, -0.1) is 0 Å². The predicted octanol–water partition coefficient (Wildman–Crippen LogP) is 3.00. The van der Waals surface area contributed by atoms with Gasteiger partial charge in [-0.3, -0.25) is 4.90 Å². The third-order valence-corrected chi connectivity index (χ3v) is 7.00. The number of nitrogens with zero attached hydrogens (tertiary/aromatic N) is 1. The summed E-state index contributed by atoms with van der Waals surface area (Å²) < 4.78 is 25.5. The van der Waals surface area contributed by atoms with E-state index in [2.05, 4.69) is 18.0 Å². The average molecular weight is 301 g/mol. The van der Waals surface area contributed by atoms with E-state index in [9.17, 15) is 8.42 Å². The Morgan fingerprint density at radius 2 is 2.00 bits per heavy atom. The average Bonchev–Trinajstić information content (AvgIpc) is 2.71. The van der Waals surface area contributed by atoms with Crippen LogP contribution in [0.2, 0.25) is 0 Å². The molecular formula is C17H19NO2S. The number of piperidine rings is 1. The third-order valence-electron chi connectivity index (χ3n) is 5.09. The first-order valence-corrected chi connectivity index (χ1v) is 9.04. The molecule has 0 spiro atoms. The molecule has 1 saturated heterocycles. The summed E-state index contributed by atoms with van der Waals surface area (Å²) in [6, 6.07) is 8.17. The fraction of sp³-hybridized carbons (Fsp3) is 0.412. The molecule has 3 aliphatic heterocycles. The van der Waals surface area contributed by atoms with E-state index in [1.807, 2.05) is 18.2 Å². The maximum Gasteiger partial charge on any atom is 0.207 e. The molecule has 110 valence electrons. The van der Waals surface area contributed by atoms with Gasteiger partial charge in [-0.25, -0.2) is 8.42 Å². The highest BCUT2D eigenvalue weighted by atomic mass is 32.2. The van der Waals surface area contributed by atoms with E-state index in [1.54, 1.807) is 12.1 Å². The predicted molar refractivity (Wildman–Crippen MR) is 83.5 cm³/mol. The SMILES string of the molecule is CN1C2C=C(C3=Cc4ccccc4S3(=O)=O)CC1CCC2. The van der Waals surface area contributed by atoms with Crippen LogP contribution < -0.4 is 0 Å². The Kier molecular flexibility index (Phi) is 2.88. The van der Waals surface area contributed by atoms with E-state index >= 15 is 0 Å². The summed E-state index contributed by atoms with van der Waals surface area (Å²) in [7, 11) is -1.16. The van der Waals surface area contributed by atoms with Crippen LogP contribution in [0.5, 0.6) is 0 Å². The Morgan fingerprint density at radius 3 is 2.76 bits per heavy atom. The summed E-state index contributed by atoms with van der Waals surface area (Å²) in [5.74, 6) is 0. The zero-order valence-electron chi connectivity index (χ0n) is 12.1. The van der Waals surface area contributed by atoms with Crippen LogP contribution in [0.3, 0.4) is 0 Å². The molecule has 0 aliphatic carbocycles. The van der Waals surface area contributed by atoms with Crippen LogP contribution in [-0.4, -0.2) is 32.4 Å². The Labute approximate surface area is 125 Å².